The fourth-order valence-corrected chi connectivity index (χ4v) is 1.27. The Labute approximate surface area is 114 Å². The second-order valence-electron chi connectivity index (χ2n) is 5.36. The van der Waals surface area contributed by atoms with Crippen LogP contribution in [0.1, 0.15) is 47.0 Å². The maximum absolute atomic E-state index is 11.3. The largest absolute Gasteiger partial charge is 0.444 e. The number of amides is 2. The molecule has 0 aliphatic carbocycles. The highest BCUT2D eigenvalue weighted by Crippen LogP contribution is 2.06. The van der Waals surface area contributed by atoms with Crippen LogP contribution >= 0.6 is 0 Å². The van der Waals surface area contributed by atoms with Gasteiger partial charge >= 0.3 is 6.09 Å². The van der Waals surface area contributed by atoms with E-state index in [-0.39, 0.29) is 18.1 Å². The zero-order valence-corrected chi connectivity index (χ0v) is 12.2. The van der Waals surface area contributed by atoms with Crippen molar-refractivity contribution in [3.8, 4) is 0 Å². The normalized spacial score (nSPS) is 10.7. The summed E-state index contributed by atoms with van der Waals surface area (Å²) in [7, 11) is 0. The molecule has 19 heavy (non-hydrogen) atoms. The lowest BCUT2D eigenvalue weighted by atomic mass is 10.2. The molecule has 0 aromatic carbocycles. The minimum atomic E-state index is -0.495. The lowest BCUT2D eigenvalue weighted by Crippen LogP contribution is -2.33. The van der Waals surface area contributed by atoms with Crippen LogP contribution in [0.5, 0.6) is 0 Å². The van der Waals surface area contributed by atoms with Crippen molar-refractivity contribution in [3.05, 3.63) is 0 Å². The number of alkyl carbamates (subject to hydrolysis) is 1. The van der Waals surface area contributed by atoms with Crippen molar-refractivity contribution in [1.29, 1.82) is 0 Å². The molecule has 0 aromatic heterocycles. The summed E-state index contributed by atoms with van der Waals surface area (Å²) < 4.78 is 5.07. The molecule has 2 N–H and O–H groups in total. The van der Waals surface area contributed by atoms with E-state index in [1.807, 2.05) is 0 Å². The molecule has 0 bridgehead atoms. The molecule has 0 spiro atoms. The first-order chi connectivity index (χ1) is 8.70. The SMILES string of the molecule is CC(=O)CC(=O)NCCCCNC(=O)OC(C)(C)C. The molecule has 110 valence electrons. The highest BCUT2D eigenvalue weighted by molar-refractivity contribution is 5.96. The molecular weight excluding hydrogens is 248 g/mol. The van der Waals surface area contributed by atoms with Crippen molar-refractivity contribution in [2.75, 3.05) is 13.1 Å². The molecular formula is C13H24N2O4. The van der Waals surface area contributed by atoms with E-state index in [4.69, 9.17) is 4.74 Å². The van der Waals surface area contributed by atoms with Gasteiger partial charge in [0.2, 0.25) is 5.91 Å². The second-order valence-corrected chi connectivity index (χ2v) is 5.36. The number of rotatable bonds is 7. The zero-order chi connectivity index (χ0) is 14.9. The van der Waals surface area contributed by atoms with Crippen molar-refractivity contribution in [2.45, 2.75) is 52.6 Å². The Hall–Kier alpha value is -1.59. The van der Waals surface area contributed by atoms with Crippen molar-refractivity contribution >= 4 is 17.8 Å². The fraction of sp³-hybridized carbons (Fsp3) is 0.769. The fourth-order valence-electron chi connectivity index (χ4n) is 1.27. The van der Waals surface area contributed by atoms with Crippen LogP contribution < -0.4 is 10.6 Å². The monoisotopic (exact) mass is 272 g/mol. The van der Waals surface area contributed by atoms with E-state index >= 15 is 0 Å². The van der Waals surface area contributed by atoms with Gasteiger partial charge in [0.15, 0.2) is 0 Å². The molecule has 2 amide bonds. The number of ether oxygens (including phenoxy) is 1. The predicted octanol–water partition coefficient (Wildman–Crippen LogP) is 1.39. The van der Waals surface area contributed by atoms with Crippen LogP contribution in [0.4, 0.5) is 4.79 Å². The van der Waals surface area contributed by atoms with Gasteiger partial charge in [0, 0.05) is 13.1 Å². The Morgan fingerprint density at radius 3 is 2.00 bits per heavy atom. The van der Waals surface area contributed by atoms with E-state index in [0.717, 1.165) is 12.8 Å². The third kappa shape index (κ3) is 12.7. The number of nitrogens with one attached hydrogen (secondary N) is 2. The topological polar surface area (TPSA) is 84.5 Å². The molecule has 0 rings (SSSR count). The molecule has 0 aliphatic rings. The maximum Gasteiger partial charge on any atom is 0.407 e. The quantitative estimate of drug-likeness (QED) is 0.542. The maximum atomic E-state index is 11.3. The highest BCUT2D eigenvalue weighted by atomic mass is 16.6. The molecule has 0 fully saturated rings. The molecule has 0 atom stereocenters. The second kappa shape index (κ2) is 8.50. The summed E-state index contributed by atoms with van der Waals surface area (Å²) in [5.41, 5.74) is -0.495. The summed E-state index contributed by atoms with van der Waals surface area (Å²) in [6.45, 7) is 7.79. The predicted molar refractivity (Wildman–Crippen MR) is 71.8 cm³/mol. The standard InChI is InChI=1S/C13H24N2O4/c1-10(16)9-11(17)14-7-5-6-8-15-12(18)19-13(2,3)4/h5-9H2,1-4H3,(H,14,17)(H,15,18). The minimum Gasteiger partial charge on any atom is -0.444 e. The van der Waals surface area contributed by atoms with Gasteiger partial charge in [0.25, 0.3) is 0 Å². The first kappa shape index (κ1) is 17.4. The lowest BCUT2D eigenvalue weighted by Gasteiger charge is -2.19. The molecule has 0 aliphatic heterocycles. The van der Waals surface area contributed by atoms with Crippen LogP contribution in [0.25, 0.3) is 0 Å². The first-order valence-electron chi connectivity index (χ1n) is 6.43. The van der Waals surface area contributed by atoms with Crippen LogP contribution in [-0.4, -0.2) is 36.5 Å². The van der Waals surface area contributed by atoms with Gasteiger partial charge < -0.3 is 15.4 Å². The minimum absolute atomic E-state index is 0.0733. The molecule has 0 aromatic rings. The Morgan fingerprint density at radius 1 is 1.00 bits per heavy atom. The lowest BCUT2D eigenvalue weighted by molar-refractivity contribution is -0.127. The van der Waals surface area contributed by atoms with Gasteiger partial charge in [-0.25, -0.2) is 4.79 Å². The van der Waals surface area contributed by atoms with E-state index in [0.29, 0.717) is 13.1 Å². The van der Waals surface area contributed by atoms with Crippen LogP contribution in [0.15, 0.2) is 0 Å². The van der Waals surface area contributed by atoms with E-state index < -0.39 is 11.7 Å². The summed E-state index contributed by atoms with van der Waals surface area (Å²) >= 11 is 0. The van der Waals surface area contributed by atoms with Gasteiger partial charge in [0.05, 0.1) is 6.42 Å². The van der Waals surface area contributed by atoms with Gasteiger partial charge in [-0.1, -0.05) is 0 Å². The molecule has 0 heterocycles. The average molecular weight is 272 g/mol. The molecule has 0 radical (unpaired) electrons. The van der Waals surface area contributed by atoms with Gasteiger partial charge in [-0.3, -0.25) is 9.59 Å². The van der Waals surface area contributed by atoms with Gasteiger partial charge in [-0.2, -0.15) is 0 Å². The van der Waals surface area contributed by atoms with Crippen molar-refractivity contribution in [2.24, 2.45) is 0 Å². The molecule has 6 heteroatoms. The van der Waals surface area contributed by atoms with E-state index in [9.17, 15) is 14.4 Å². The number of carbonyl (C=O) groups excluding carboxylic acids is 3. The zero-order valence-electron chi connectivity index (χ0n) is 12.2. The van der Waals surface area contributed by atoms with Crippen molar-refractivity contribution < 1.29 is 19.1 Å². The van der Waals surface area contributed by atoms with Crippen molar-refractivity contribution in [1.82, 2.24) is 10.6 Å². The van der Waals surface area contributed by atoms with Crippen LogP contribution in [0.2, 0.25) is 0 Å². The molecule has 0 saturated heterocycles. The van der Waals surface area contributed by atoms with Crippen LogP contribution in [0.3, 0.4) is 0 Å². The van der Waals surface area contributed by atoms with E-state index in [1.165, 1.54) is 6.92 Å². The van der Waals surface area contributed by atoms with Crippen LogP contribution in [-0.2, 0) is 14.3 Å². The Morgan fingerprint density at radius 2 is 1.53 bits per heavy atom. The third-order valence-electron chi connectivity index (χ3n) is 2.00. The van der Waals surface area contributed by atoms with Crippen LogP contribution in [0, 0.1) is 0 Å². The van der Waals surface area contributed by atoms with E-state index in [1.54, 1.807) is 20.8 Å². The summed E-state index contributed by atoms with van der Waals surface area (Å²) in [5, 5.41) is 5.27. The average Bonchev–Trinajstić information content (AvgIpc) is 2.19. The summed E-state index contributed by atoms with van der Waals surface area (Å²) in [6, 6.07) is 0. The number of hydrogen-bond acceptors (Lipinski definition) is 4. The summed E-state index contributed by atoms with van der Waals surface area (Å²) in [6.07, 6.45) is 0.961. The number of ketones is 1. The van der Waals surface area contributed by atoms with E-state index in [2.05, 4.69) is 10.6 Å². The summed E-state index contributed by atoms with van der Waals surface area (Å²) in [5.74, 6) is -0.406. The van der Waals surface area contributed by atoms with Gasteiger partial charge in [-0.05, 0) is 40.5 Å². The highest BCUT2D eigenvalue weighted by Gasteiger charge is 2.15. The number of carbonyl (C=O) groups is 3. The molecule has 0 saturated carbocycles. The van der Waals surface area contributed by atoms with Gasteiger partial charge in [0.1, 0.15) is 11.4 Å². The Balaban J connectivity index is 3.48. The van der Waals surface area contributed by atoms with Crippen molar-refractivity contribution in [3.63, 3.8) is 0 Å². The Kier molecular flexibility index (Phi) is 7.79. The number of hydrogen-bond donors (Lipinski definition) is 2. The molecule has 0 unspecified atom stereocenters. The Bertz CT molecular complexity index is 321. The number of unbranched alkanes of at least 4 members (excludes halogenated alkanes) is 1. The summed E-state index contributed by atoms with van der Waals surface area (Å²) in [4.78, 5) is 33.1. The molecule has 6 nitrogen and oxygen atoms in total. The first-order valence-corrected chi connectivity index (χ1v) is 6.43. The van der Waals surface area contributed by atoms with Gasteiger partial charge in [-0.15, -0.1) is 0 Å². The number of Topliss-reactive ketones (excluding diaryl/α,β-unsaturated/α-hetero) is 1. The smallest absolute Gasteiger partial charge is 0.407 e. The third-order valence-corrected chi connectivity index (χ3v) is 2.00.